The minimum absolute atomic E-state index is 0.00435. The van der Waals surface area contributed by atoms with E-state index in [0.29, 0.717) is 17.3 Å². The topological polar surface area (TPSA) is 92.4 Å². The molecule has 0 spiro atoms. The summed E-state index contributed by atoms with van der Waals surface area (Å²) in [5.74, 6) is -0.926. The number of piperidine rings is 1. The zero-order valence-corrected chi connectivity index (χ0v) is 13.4. The summed E-state index contributed by atoms with van der Waals surface area (Å²) in [6.07, 6.45) is 3.04. The van der Waals surface area contributed by atoms with Crippen molar-refractivity contribution in [3.63, 3.8) is 0 Å². The lowest BCUT2D eigenvalue weighted by Gasteiger charge is -2.33. The monoisotopic (exact) mass is 329 g/mol. The van der Waals surface area contributed by atoms with Gasteiger partial charge in [-0.25, -0.2) is 9.89 Å². The van der Waals surface area contributed by atoms with Crippen LogP contribution in [-0.4, -0.2) is 46.2 Å². The Morgan fingerprint density at radius 3 is 2.79 bits per heavy atom. The summed E-state index contributed by atoms with van der Waals surface area (Å²) in [5, 5.41) is 6.82. The number of nitrogens with zero attached hydrogens (tertiary/aromatic N) is 2. The average Bonchev–Trinajstić information content (AvgIpc) is 2.60. The van der Waals surface area contributed by atoms with Crippen LogP contribution >= 0.6 is 0 Å². The third-order valence-corrected chi connectivity index (χ3v) is 4.34. The summed E-state index contributed by atoms with van der Waals surface area (Å²) >= 11 is 0. The predicted octanol–water partition coefficient (Wildman–Crippen LogP) is 1.48. The van der Waals surface area contributed by atoms with Gasteiger partial charge in [0.1, 0.15) is 0 Å². The van der Waals surface area contributed by atoms with E-state index in [4.69, 9.17) is 4.74 Å². The first-order valence-electron chi connectivity index (χ1n) is 8.02. The van der Waals surface area contributed by atoms with Gasteiger partial charge in [-0.3, -0.25) is 9.59 Å². The summed E-state index contributed by atoms with van der Waals surface area (Å²) in [5.41, 5.74) is -0.370. The van der Waals surface area contributed by atoms with E-state index in [1.165, 1.54) is 0 Å². The molecule has 1 N–H and O–H groups in total. The van der Waals surface area contributed by atoms with Gasteiger partial charge in [0, 0.05) is 18.0 Å². The molecule has 0 unspecified atom stereocenters. The summed E-state index contributed by atoms with van der Waals surface area (Å²) in [4.78, 5) is 38.0. The molecule has 0 radical (unpaired) electrons. The molecule has 1 aromatic heterocycles. The number of aromatic amines is 1. The van der Waals surface area contributed by atoms with E-state index in [1.807, 2.05) is 6.92 Å². The number of rotatable bonds is 3. The highest BCUT2D eigenvalue weighted by atomic mass is 16.5. The van der Waals surface area contributed by atoms with Crippen molar-refractivity contribution >= 4 is 22.6 Å². The van der Waals surface area contributed by atoms with Gasteiger partial charge >= 0.3 is 5.97 Å². The lowest BCUT2D eigenvalue weighted by atomic mass is 10.0. The lowest BCUT2D eigenvalue weighted by Crippen LogP contribution is -2.44. The summed E-state index contributed by atoms with van der Waals surface area (Å²) in [7, 11) is 0. The molecule has 1 amide bonds. The second kappa shape index (κ2) is 6.82. The van der Waals surface area contributed by atoms with Gasteiger partial charge in [-0.1, -0.05) is 18.2 Å². The third-order valence-electron chi connectivity index (χ3n) is 4.34. The van der Waals surface area contributed by atoms with Crippen LogP contribution in [0.4, 0.5) is 0 Å². The SMILES string of the molecule is C[C@H]1CCCCN1C(=O)COC(=O)c1n[nH]c(=O)c2ccccc12. The molecule has 1 aromatic carbocycles. The highest BCUT2D eigenvalue weighted by molar-refractivity contribution is 6.02. The van der Waals surface area contributed by atoms with Crippen molar-refractivity contribution in [1.82, 2.24) is 15.1 Å². The number of fused-ring (bicyclic) bond motifs is 1. The molecule has 1 saturated heterocycles. The van der Waals surface area contributed by atoms with Gasteiger partial charge in [-0.15, -0.1) is 0 Å². The Morgan fingerprint density at radius 1 is 1.29 bits per heavy atom. The van der Waals surface area contributed by atoms with Crippen LogP contribution in [0, 0.1) is 0 Å². The fourth-order valence-corrected chi connectivity index (χ4v) is 3.02. The Kier molecular flexibility index (Phi) is 4.59. The third kappa shape index (κ3) is 3.15. The van der Waals surface area contributed by atoms with Crippen molar-refractivity contribution in [2.45, 2.75) is 32.2 Å². The van der Waals surface area contributed by atoms with Crippen molar-refractivity contribution in [2.75, 3.05) is 13.2 Å². The van der Waals surface area contributed by atoms with Gasteiger partial charge < -0.3 is 9.64 Å². The first kappa shape index (κ1) is 16.2. The van der Waals surface area contributed by atoms with E-state index in [0.717, 1.165) is 19.3 Å². The number of ether oxygens (including phenoxy) is 1. The van der Waals surface area contributed by atoms with Crippen LogP contribution in [-0.2, 0) is 9.53 Å². The van der Waals surface area contributed by atoms with Gasteiger partial charge in [-0.05, 0) is 32.3 Å². The van der Waals surface area contributed by atoms with Crippen molar-refractivity contribution in [3.05, 3.63) is 40.3 Å². The number of esters is 1. The maximum atomic E-state index is 12.3. The van der Waals surface area contributed by atoms with Crippen molar-refractivity contribution in [2.24, 2.45) is 0 Å². The number of H-pyrrole nitrogens is 1. The smallest absolute Gasteiger partial charge is 0.359 e. The highest BCUT2D eigenvalue weighted by Crippen LogP contribution is 2.17. The van der Waals surface area contributed by atoms with E-state index in [1.54, 1.807) is 29.2 Å². The molecule has 1 atom stereocenters. The zero-order valence-electron chi connectivity index (χ0n) is 13.4. The number of benzene rings is 1. The van der Waals surface area contributed by atoms with Crippen LogP contribution in [0.3, 0.4) is 0 Å². The number of amides is 1. The fraction of sp³-hybridized carbons (Fsp3) is 0.412. The fourth-order valence-electron chi connectivity index (χ4n) is 3.02. The molecule has 0 bridgehead atoms. The Labute approximate surface area is 138 Å². The number of nitrogens with one attached hydrogen (secondary N) is 1. The minimum Gasteiger partial charge on any atom is -0.451 e. The summed E-state index contributed by atoms with van der Waals surface area (Å²) < 4.78 is 5.12. The number of carbonyl (C=O) groups is 2. The number of aromatic nitrogens is 2. The van der Waals surface area contributed by atoms with E-state index < -0.39 is 5.97 Å². The molecule has 0 aliphatic carbocycles. The van der Waals surface area contributed by atoms with Crippen molar-refractivity contribution in [3.8, 4) is 0 Å². The first-order chi connectivity index (χ1) is 11.6. The standard InChI is InChI=1S/C17H19N3O4/c1-11-6-4-5-9-20(11)14(21)10-24-17(23)15-12-7-2-3-8-13(12)16(22)19-18-15/h2-3,7-8,11H,4-6,9-10H2,1H3,(H,19,22)/t11-/m0/s1. The van der Waals surface area contributed by atoms with Gasteiger partial charge in [0.25, 0.3) is 11.5 Å². The van der Waals surface area contributed by atoms with Crippen LogP contribution in [0.2, 0.25) is 0 Å². The lowest BCUT2D eigenvalue weighted by molar-refractivity contribution is -0.137. The quantitative estimate of drug-likeness (QED) is 0.861. The Hall–Kier alpha value is -2.70. The Bertz CT molecular complexity index is 830. The maximum Gasteiger partial charge on any atom is 0.359 e. The molecule has 3 rings (SSSR count). The van der Waals surface area contributed by atoms with Gasteiger partial charge in [-0.2, -0.15) is 5.10 Å². The van der Waals surface area contributed by atoms with Crippen molar-refractivity contribution in [1.29, 1.82) is 0 Å². The minimum atomic E-state index is -0.722. The average molecular weight is 329 g/mol. The largest absolute Gasteiger partial charge is 0.451 e. The van der Waals surface area contributed by atoms with E-state index >= 15 is 0 Å². The first-order valence-corrected chi connectivity index (χ1v) is 8.02. The molecule has 126 valence electrons. The molecule has 24 heavy (non-hydrogen) atoms. The highest BCUT2D eigenvalue weighted by Gasteiger charge is 2.24. The van der Waals surface area contributed by atoms with Crippen LogP contribution in [0.25, 0.3) is 10.8 Å². The van der Waals surface area contributed by atoms with Gasteiger partial charge in [0.05, 0.1) is 5.39 Å². The second-order valence-corrected chi connectivity index (χ2v) is 5.95. The summed E-state index contributed by atoms with van der Waals surface area (Å²) in [6.45, 7) is 2.37. The van der Waals surface area contributed by atoms with Crippen LogP contribution in [0.1, 0.15) is 36.7 Å². The van der Waals surface area contributed by atoms with Crippen LogP contribution < -0.4 is 5.56 Å². The molecule has 1 aliphatic rings. The normalized spacial score (nSPS) is 17.7. The van der Waals surface area contributed by atoms with E-state index in [-0.39, 0.29) is 29.8 Å². The Morgan fingerprint density at radius 2 is 2.04 bits per heavy atom. The molecular weight excluding hydrogens is 310 g/mol. The van der Waals surface area contributed by atoms with Gasteiger partial charge in [0.2, 0.25) is 0 Å². The summed E-state index contributed by atoms with van der Waals surface area (Å²) in [6, 6.07) is 6.81. The molecule has 2 heterocycles. The predicted molar refractivity (Wildman–Crippen MR) is 87.7 cm³/mol. The molecule has 1 aliphatic heterocycles. The molecular formula is C17H19N3O4. The number of likely N-dealkylation sites (tertiary alicyclic amines) is 1. The van der Waals surface area contributed by atoms with Gasteiger partial charge in [0.15, 0.2) is 12.3 Å². The molecule has 0 saturated carbocycles. The van der Waals surface area contributed by atoms with Crippen LogP contribution in [0.15, 0.2) is 29.1 Å². The molecule has 7 heteroatoms. The van der Waals surface area contributed by atoms with E-state index in [2.05, 4.69) is 10.2 Å². The molecule has 7 nitrogen and oxygen atoms in total. The van der Waals surface area contributed by atoms with Crippen molar-refractivity contribution < 1.29 is 14.3 Å². The molecule has 2 aromatic rings. The van der Waals surface area contributed by atoms with Crippen LogP contribution in [0.5, 0.6) is 0 Å². The molecule has 1 fully saturated rings. The number of carbonyl (C=O) groups excluding carboxylic acids is 2. The number of hydrogen-bond acceptors (Lipinski definition) is 5. The maximum absolute atomic E-state index is 12.3. The zero-order chi connectivity index (χ0) is 17.1. The second-order valence-electron chi connectivity index (χ2n) is 5.95. The number of hydrogen-bond donors (Lipinski definition) is 1. The van der Waals surface area contributed by atoms with E-state index in [9.17, 15) is 14.4 Å². The Balaban J connectivity index is 1.73.